The fourth-order valence-electron chi connectivity index (χ4n) is 8.43. The molecule has 0 aromatic carbocycles. The number of carbonyl (C=O) groups excluding carboxylic acids is 1. The molecule has 382 valence electrons. The molecule has 0 aromatic heterocycles. The van der Waals surface area contributed by atoms with Crippen LogP contribution in [0.5, 0.6) is 0 Å². The molecule has 0 aliphatic heterocycles. The lowest BCUT2D eigenvalue weighted by Gasteiger charge is -2.45. The largest absolute Gasteiger partial charge is 0.756 e. The Bertz CT molecular complexity index is 1580. The van der Waals surface area contributed by atoms with Crippen LogP contribution < -0.4 is 4.89 Å². The summed E-state index contributed by atoms with van der Waals surface area (Å²) in [4.78, 5) is 24.1. The Morgan fingerprint density at radius 2 is 0.766 bits per heavy atom. The van der Waals surface area contributed by atoms with Crippen LogP contribution in [0.3, 0.4) is 0 Å². The van der Waals surface area contributed by atoms with Crippen molar-refractivity contribution in [2.75, 3.05) is 46.3 Å². The van der Waals surface area contributed by atoms with Gasteiger partial charge in [-0.3, -0.25) is 4.57 Å². The van der Waals surface area contributed by atoms with Crippen molar-refractivity contribution in [1.29, 1.82) is 0 Å². The quantitative estimate of drug-likeness (QED) is 0.0205. The zero-order valence-corrected chi connectivity index (χ0v) is 56.8. The number of quaternary nitrogens is 1. The summed E-state index contributed by atoms with van der Waals surface area (Å²) in [5.41, 5.74) is 0.353. The maximum atomic E-state index is 12.0. The van der Waals surface area contributed by atoms with Gasteiger partial charge in [0.2, 0.25) is 16.6 Å². The van der Waals surface area contributed by atoms with Crippen LogP contribution in [0.4, 0.5) is 0 Å². The number of phosphoric acid groups is 1. The van der Waals surface area contributed by atoms with Gasteiger partial charge in [-0.25, -0.2) is 4.79 Å². The number of phosphoric ester groups is 1. The molecule has 0 radical (unpaired) electrons. The van der Waals surface area contributed by atoms with Crippen molar-refractivity contribution in [3.8, 4) is 0 Å². The highest BCUT2D eigenvalue weighted by molar-refractivity contribution is 7.45. The summed E-state index contributed by atoms with van der Waals surface area (Å²) in [5, 5.41) is 0. The van der Waals surface area contributed by atoms with Crippen LogP contribution in [0.2, 0.25) is 144 Å². The topological polar surface area (TPSA) is 177 Å². The number of hydrogen-bond donors (Lipinski definition) is 0. The predicted octanol–water partition coefficient (Wildman–Crippen LogP) is 9.06. The van der Waals surface area contributed by atoms with E-state index in [9.17, 15) is 14.3 Å². The summed E-state index contributed by atoms with van der Waals surface area (Å²) in [6.07, 6.45) is 1.51. The minimum atomic E-state index is -4.32. The Labute approximate surface area is 401 Å². The van der Waals surface area contributed by atoms with Crippen molar-refractivity contribution in [3.05, 3.63) is 12.2 Å². The smallest absolute Gasteiger partial charge is 0.332 e. The second kappa shape index (κ2) is 23.7. The molecule has 29 heteroatoms. The second-order valence-corrected chi connectivity index (χ2v) is 64.8. The molecular formula is C35H92NO16PSi11. The average molecular weight is 1120 g/mol. The molecule has 0 heterocycles. The molecule has 0 bridgehead atoms. The van der Waals surface area contributed by atoms with E-state index in [0.717, 1.165) is 6.17 Å². The van der Waals surface area contributed by atoms with Crippen molar-refractivity contribution in [2.24, 2.45) is 0 Å². The number of carbonyl (C=O) groups is 1. The average Bonchev–Trinajstić information content (AvgIpc) is 2.91. The normalized spacial score (nSPS) is 15.9. The molecule has 0 aromatic rings. The van der Waals surface area contributed by atoms with Crippen molar-refractivity contribution in [1.82, 2.24) is 0 Å². The van der Waals surface area contributed by atoms with Crippen molar-refractivity contribution >= 4 is 107 Å². The van der Waals surface area contributed by atoms with E-state index < -0.39 is 107 Å². The predicted molar refractivity (Wildman–Crippen MR) is 281 cm³/mol. The number of rotatable bonds is 32. The molecule has 0 amide bonds. The summed E-state index contributed by atoms with van der Waals surface area (Å²) < 4.78 is 95.8. The lowest BCUT2D eigenvalue weighted by atomic mass is 10.4. The summed E-state index contributed by atoms with van der Waals surface area (Å²) in [6, 6.07) is 0. The van der Waals surface area contributed by atoms with Gasteiger partial charge in [-0.15, -0.1) is 0 Å². The van der Waals surface area contributed by atoms with Gasteiger partial charge >= 0.3 is 83.0 Å². The number of ether oxygens (including phenoxy) is 1. The molecule has 64 heavy (non-hydrogen) atoms. The van der Waals surface area contributed by atoms with Gasteiger partial charge in [-0.1, -0.05) is 13.5 Å². The molecule has 1 atom stereocenters. The van der Waals surface area contributed by atoms with Gasteiger partial charge in [-0.05, 0) is 157 Å². The van der Waals surface area contributed by atoms with E-state index in [0.29, 0.717) is 23.0 Å². The first-order valence-electron chi connectivity index (χ1n) is 22.1. The minimum Gasteiger partial charge on any atom is -0.756 e. The summed E-state index contributed by atoms with van der Waals surface area (Å²) in [7, 11) is -30.0. The molecule has 17 nitrogen and oxygen atoms in total. The molecule has 0 aliphatic rings. The zero-order valence-electron chi connectivity index (χ0n) is 44.9. The molecule has 0 saturated heterocycles. The van der Waals surface area contributed by atoms with E-state index >= 15 is 0 Å². The van der Waals surface area contributed by atoms with Crippen LogP contribution in [0.15, 0.2) is 12.2 Å². The first-order chi connectivity index (χ1) is 27.9. The van der Waals surface area contributed by atoms with E-state index in [4.69, 9.17) is 54.9 Å². The van der Waals surface area contributed by atoms with E-state index in [1.165, 1.54) is 0 Å². The van der Waals surface area contributed by atoms with Crippen LogP contribution in [0.1, 0.15) is 20.3 Å². The van der Waals surface area contributed by atoms with E-state index in [-0.39, 0.29) is 19.4 Å². The monoisotopic (exact) mass is 1120 g/mol. The Kier molecular flexibility index (Phi) is 24.1. The van der Waals surface area contributed by atoms with Crippen molar-refractivity contribution < 1.29 is 73.7 Å². The highest BCUT2D eigenvalue weighted by Crippen LogP contribution is 2.38. The molecule has 0 rings (SSSR count). The molecule has 0 N–H and O–H groups in total. The van der Waals surface area contributed by atoms with E-state index in [1.54, 1.807) is 6.92 Å². The Balaban J connectivity index is 5.58. The van der Waals surface area contributed by atoms with Gasteiger partial charge in [0.1, 0.15) is 19.4 Å². The number of nitrogens with zero attached hydrogens (tertiary/aromatic N) is 1. The highest BCUT2D eigenvalue weighted by Gasteiger charge is 2.51. The van der Waals surface area contributed by atoms with Gasteiger partial charge in [0.05, 0.1) is 26.9 Å². The third-order valence-corrected chi connectivity index (χ3v) is 51.4. The fraction of sp³-hybridized carbons (Fsp3) is 0.914. The lowest BCUT2D eigenvalue weighted by Crippen LogP contribution is -2.63. The second-order valence-electron chi connectivity index (χ2n) is 22.4. The molecule has 1 unspecified atom stereocenters. The number of likely N-dealkylation sites (N-methyl/N-ethyl adjacent to an activating group) is 1. The fourth-order valence-corrected chi connectivity index (χ4v) is 65.8. The molecular weight excluding hydrogens is 1030 g/mol. The Morgan fingerprint density at radius 1 is 0.500 bits per heavy atom. The molecule has 0 spiro atoms. The summed E-state index contributed by atoms with van der Waals surface area (Å²) in [6.45, 7) is 52.5. The van der Waals surface area contributed by atoms with Crippen molar-refractivity contribution in [3.63, 3.8) is 0 Å². The third kappa shape index (κ3) is 30.1. The maximum absolute atomic E-state index is 12.0. The molecule has 0 aliphatic carbocycles. The summed E-state index contributed by atoms with van der Waals surface area (Å²) >= 11 is 0. The van der Waals surface area contributed by atoms with Crippen LogP contribution in [0, 0.1) is 0 Å². The van der Waals surface area contributed by atoms with Gasteiger partial charge in [0.15, 0.2) is 0 Å². The number of esters is 1. The molecule has 0 fully saturated rings. The van der Waals surface area contributed by atoms with Crippen LogP contribution in [-0.4, -0.2) is 150 Å². The minimum absolute atomic E-state index is 0.0256. The van der Waals surface area contributed by atoms with E-state index in [2.05, 4.69) is 32.8 Å². The van der Waals surface area contributed by atoms with E-state index in [1.807, 2.05) is 139 Å². The van der Waals surface area contributed by atoms with Crippen LogP contribution in [0.25, 0.3) is 0 Å². The van der Waals surface area contributed by atoms with Crippen LogP contribution in [-0.2, 0) is 64.3 Å². The summed E-state index contributed by atoms with van der Waals surface area (Å²) in [5.74, 6) is -0.424. The SMILES string of the molecule is C=C(C)C(=O)OC[Si](C)(C)O[Si](C)(C)O[Si](C)(C)O[Si](C)(C)O[Si](C)(C)O[Si](C)(C)O[Si](C)(C)O[Si](C)(C)O[Si](C)(C)O[Si](C)(C)O[Si](C)(C)C[N+](C)(C)CCOP(=O)([O-])OCCC. The lowest BCUT2D eigenvalue weighted by molar-refractivity contribution is -0.881. The zero-order chi connectivity index (χ0) is 51.1. The first kappa shape index (κ1) is 65.3. The maximum Gasteiger partial charge on any atom is 0.332 e. The van der Waals surface area contributed by atoms with Gasteiger partial charge in [0.25, 0.3) is 7.82 Å². The van der Waals surface area contributed by atoms with Gasteiger partial charge in [-0.2, -0.15) is 0 Å². The Hall–Kier alpha value is 1.27. The number of hydrogen-bond acceptors (Lipinski definition) is 16. The third-order valence-electron chi connectivity index (χ3n) is 8.08. The van der Waals surface area contributed by atoms with Crippen LogP contribution >= 0.6 is 7.82 Å². The standard InChI is InChI=1S/C35H92NO16PSi11/c1-28-30-41-53(38,39)42-31-29-36(4,5)32-54(6,7)43-56(10,11)45-58(14,15)47-60(18,19)49-62(22,23)51-64(26,27)52-63(24,25)50-61(20,21)48-59(16,17)46-57(12,13)44-55(8,9)33-40-35(37)34(2)3/h2,28-33H2,1,3-27H3. The van der Waals surface area contributed by atoms with Crippen molar-refractivity contribution in [2.45, 2.75) is 164 Å². The Morgan fingerprint density at radius 3 is 1.05 bits per heavy atom. The van der Waals surface area contributed by atoms with Gasteiger partial charge in [0, 0.05) is 5.57 Å². The highest BCUT2D eigenvalue weighted by atomic mass is 31.2. The van der Waals surface area contributed by atoms with Gasteiger partial charge < -0.3 is 64.3 Å². The first-order valence-corrected chi connectivity index (χ1v) is 55.2. The molecule has 0 saturated carbocycles.